The van der Waals surface area contributed by atoms with E-state index in [0.717, 1.165) is 38.3 Å². The summed E-state index contributed by atoms with van der Waals surface area (Å²) in [7, 11) is 0. The van der Waals surface area contributed by atoms with Crippen LogP contribution in [0.3, 0.4) is 0 Å². The highest BCUT2D eigenvalue weighted by Crippen LogP contribution is 2.32. The number of hydrogen-bond acceptors (Lipinski definition) is 3. The number of carboxylic acid groups (broad SMARTS) is 1. The number of piperidine rings is 2. The van der Waals surface area contributed by atoms with Crippen molar-refractivity contribution in [3.63, 3.8) is 0 Å². The van der Waals surface area contributed by atoms with Crippen LogP contribution >= 0.6 is 0 Å². The number of carboxylic acids is 1. The van der Waals surface area contributed by atoms with Gasteiger partial charge in [-0.15, -0.1) is 0 Å². The van der Waals surface area contributed by atoms with Crippen LogP contribution in [0, 0.1) is 23.6 Å². The zero-order chi connectivity index (χ0) is 27.3. The minimum Gasteiger partial charge on any atom is -0.480 e. The first-order valence-corrected chi connectivity index (χ1v) is 15.5. The number of hydrogen-bond donors (Lipinski definition) is 1. The Labute approximate surface area is 235 Å². The predicted octanol–water partition coefficient (Wildman–Crippen LogP) is 7.29. The third-order valence-electron chi connectivity index (χ3n) is 9.17. The molecule has 2 saturated heterocycles. The van der Waals surface area contributed by atoms with Gasteiger partial charge >= 0.3 is 5.97 Å². The van der Waals surface area contributed by atoms with Crippen molar-refractivity contribution in [2.75, 3.05) is 32.7 Å². The summed E-state index contributed by atoms with van der Waals surface area (Å²) in [6.45, 7) is 5.61. The van der Waals surface area contributed by atoms with Gasteiger partial charge in [-0.25, -0.2) is 4.39 Å². The molecule has 2 aromatic carbocycles. The van der Waals surface area contributed by atoms with Gasteiger partial charge < -0.3 is 10.0 Å². The Hall–Kier alpha value is -2.24. The molecule has 1 aliphatic carbocycles. The SMILES string of the molecule is Fc1ccccc1.O=C(O)C(C1CCCCC1)N1CCCC(CN2CCC(CCCc3ccccc3)CC2)C1. The fraction of sp³-hybridized carbons (Fsp3) is 0.618. The highest BCUT2D eigenvalue weighted by atomic mass is 19.1. The molecule has 0 radical (unpaired) electrons. The Kier molecular flexibility index (Phi) is 12.3. The molecule has 2 aliphatic heterocycles. The lowest BCUT2D eigenvalue weighted by atomic mass is 9.82. The summed E-state index contributed by atoms with van der Waals surface area (Å²) < 4.78 is 11.9. The molecule has 3 fully saturated rings. The zero-order valence-corrected chi connectivity index (χ0v) is 23.7. The van der Waals surface area contributed by atoms with Gasteiger partial charge in [-0.1, -0.05) is 74.2 Å². The fourth-order valence-electron chi connectivity index (χ4n) is 7.08. The molecule has 214 valence electrons. The van der Waals surface area contributed by atoms with Crippen LogP contribution in [0.2, 0.25) is 0 Å². The van der Waals surface area contributed by atoms with Crippen molar-refractivity contribution in [2.24, 2.45) is 17.8 Å². The maximum atomic E-state index is 12.2. The van der Waals surface area contributed by atoms with Gasteiger partial charge in [0.15, 0.2) is 0 Å². The van der Waals surface area contributed by atoms with Gasteiger partial charge in [-0.2, -0.15) is 0 Å². The molecule has 0 spiro atoms. The Morgan fingerprint density at radius 1 is 0.821 bits per heavy atom. The number of likely N-dealkylation sites (tertiary alicyclic amines) is 2. The molecule has 3 aliphatic rings. The van der Waals surface area contributed by atoms with E-state index in [1.807, 2.05) is 0 Å². The van der Waals surface area contributed by atoms with E-state index in [1.54, 1.807) is 18.2 Å². The van der Waals surface area contributed by atoms with Crippen molar-refractivity contribution in [1.82, 2.24) is 9.80 Å². The number of nitrogens with zero attached hydrogens (tertiary/aromatic N) is 2. The van der Waals surface area contributed by atoms with Crippen LogP contribution < -0.4 is 0 Å². The summed E-state index contributed by atoms with van der Waals surface area (Å²) in [6, 6.07) is 18.6. The number of carbonyl (C=O) groups is 1. The van der Waals surface area contributed by atoms with Gasteiger partial charge in [0.05, 0.1) is 0 Å². The number of halogens is 1. The van der Waals surface area contributed by atoms with Gasteiger partial charge in [0.2, 0.25) is 0 Å². The lowest BCUT2D eigenvalue weighted by molar-refractivity contribution is -0.147. The molecular weight excluding hydrogens is 487 g/mol. The van der Waals surface area contributed by atoms with Gasteiger partial charge in [0, 0.05) is 13.1 Å². The predicted molar refractivity (Wildman–Crippen MR) is 157 cm³/mol. The molecule has 4 nitrogen and oxygen atoms in total. The monoisotopic (exact) mass is 536 g/mol. The zero-order valence-electron chi connectivity index (χ0n) is 23.7. The minimum absolute atomic E-state index is 0.178. The van der Waals surface area contributed by atoms with Crippen LogP contribution in [0.25, 0.3) is 0 Å². The van der Waals surface area contributed by atoms with Crippen molar-refractivity contribution < 1.29 is 14.3 Å². The molecule has 1 saturated carbocycles. The Morgan fingerprint density at radius 2 is 1.49 bits per heavy atom. The lowest BCUT2D eigenvalue weighted by Gasteiger charge is -2.42. The second-order valence-corrected chi connectivity index (χ2v) is 12.1. The summed E-state index contributed by atoms with van der Waals surface area (Å²) in [5.74, 6) is 1.15. The van der Waals surface area contributed by atoms with Gasteiger partial charge in [0.25, 0.3) is 0 Å². The number of rotatable bonds is 9. The largest absolute Gasteiger partial charge is 0.480 e. The van der Waals surface area contributed by atoms with Crippen molar-refractivity contribution in [3.05, 3.63) is 72.0 Å². The minimum atomic E-state index is -0.575. The molecule has 0 aromatic heterocycles. The van der Waals surface area contributed by atoms with Crippen molar-refractivity contribution in [1.29, 1.82) is 0 Å². The maximum Gasteiger partial charge on any atom is 0.321 e. The second-order valence-electron chi connectivity index (χ2n) is 12.1. The second kappa shape index (κ2) is 16.1. The van der Waals surface area contributed by atoms with Crippen LogP contribution in [0.4, 0.5) is 4.39 Å². The molecule has 39 heavy (non-hydrogen) atoms. The quantitative estimate of drug-likeness (QED) is 0.365. The molecule has 0 amide bonds. The highest BCUT2D eigenvalue weighted by molar-refractivity contribution is 5.74. The lowest BCUT2D eigenvalue weighted by Crippen LogP contribution is -2.52. The molecule has 0 bridgehead atoms. The first-order chi connectivity index (χ1) is 19.1. The van der Waals surface area contributed by atoms with Gasteiger partial charge in [-0.05, 0) is 106 Å². The summed E-state index contributed by atoms with van der Waals surface area (Å²) in [4.78, 5) is 17.2. The van der Waals surface area contributed by atoms with Gasteiger partial charge in [-0.3, -0.25) is 9.69 Å². The Balaban J connectivity index is 0.000000438. The van der Waals surface area contributed by atoms with E-state index in [1.165, 1.54) is 95.1 Å². The number of aryl methyl sites for hydroxylation is 1. The van der Waals surface area contributed by atoms with Crippen LogP contribution in [0.5, 0.6) is 0 Å². The number of aliphatic carboxylic acids is 1. The molecule has 2 atom stereocenters. The van der Waals surface area contributed by atoms with Crippen LogP contribution in [0.15, 0.2) is 60.7 Å². The highest BCUT2D eigenvalue weighted by Gasteiger charge is 2.37. The van der Waals surface area contributed by atoms with Crippen molar-refractivity contribution in [3.8, 4) is 0 Å². The van der Waals surface area contributed by atoms with E-state index in [0.29, 0.717) is 11.8 Å². The smallest absolute Gasteiger partial charge is 0.321 e. The van der Waals surface area contributed by atoms with Gasteiger partial charge in [0.1, 0.15) is 11.9 Å². The van der Waals surface area contributed by atoms with E-state index in [-0.39, 0.29) is 11.9 Å². The van der Waals surface area contributed by atoms with Crippen LogP contribution in [-0.4, -0.2) is 59.6 Å². The summed E-state index contributed by atoms with van der Waals surface area (Å²) in [6.07, 6.45) is 14.9. The third kappa shape index (κ3) is 10.0. The molecule has 1 N–H and O–H groups in total. The molecule has 5 heteroatoms. The van der Waals surface area contributed by atoms with Crippen molar-refractivity contribution in [2.45, 2.75) is 83.1 Å². The molecular formula is C34H49FN2O2. The molecule has 2 heterocycles. The number of benzene rings is 2. The molecule has 5 rings (SSSR count). The standard InChI is InChI=1S/C28H44N2O2.C6H5F/c31-28(32)27(26-14-5-2-6-15-26)30-18-8-13-25(22-30)21-29-19-16-24(17-20-29)12-7-11-23-9-3-1-4-10-23;7-6-4-2-1-3-5-6/h1,3-4,9-10,24-27H,2,5-8,11-22H2,(H,31,32);1-5H. The Morgan fingerprint density at radius 3 is 2.10 bits per heavy atom. The van der Waals surface area contributed by atoms with Crippen molar-refractivity contribution >= 4 is 5.97 Å². The van der Waals surface area contributed by atoms with Crippen LogP contribution in [-0.2, 0) is 11.2 Å². The fourth-order valence-corrected chi connectivity index (χ4v) is 7.08. The topological polar surface area (TPSA) is 43.8 Å². The average Bonchev–Trinajstić information content (AvgIpc) is 2.96. The summed E-state index contributed by atoms with van der Waals surface area (Å²) in [5.41, 5.74) is 1.47. The van der Waals surface area contributed by atoms with Crippen LogP contribution in [0.1, 0.15) is 76.2 Å². The van der Waals surface area contributed by atoms with E-state index < -0.39 is 5.97 Å². The summed E-state index contributed by atoms with van der Waals surface area (Å²) >= 11 is 0. The molecule has 2 aromatic rings. The van der Waals surface area contributed by atoms with E-state index >= 15 is 0 Å². The van der Waals surface area contributed by atoms with E-state index in [2.05, 4.69) is 40.1 Å². The average molecular weight is 537 g/mol. The Bertz CT molecular complexity index is 942. The van der Waals surface area contributed by atoms with E-state index in [4.69, 9.17) is 0 Å². The third-order valence-corrected chi connectivity index (χ3v) is 9.17. The maximum absolute atomic E-state index is 12.2. The van der Waals surface area contributed by atoms with E-state index in [9.17, 15) is 14.3 Å². The first kappa shape index (κ1) is 29.7. The first-order valence-electron chi connectivity index (χ1n) is 15.5. The summed E-state index contributed by atoms with van der Waals surface area (Å²) in [5, 5.41) is 10.0. The normalized spacial score (nSPS) is 22.5. The molecule has 2 unspecified atom stereocenters.